The van der Waals surface area contributed by atoms with Crippen LogP contribution in [0.4, 0.5) is 0 Å². The van der Waals surface area contributed by atoms with Crippen molar-refractivity contribution in [3.8, 4) is 0 Å². The van der Waals surface area contributed by atoms with Crippen molar-refractivity contribution in [1.82, 2.24) is 0 Å². The fraction of sp³-hybridized carbons (Fsp3) is 0.381. The number of aryl methyl sites for hydroxylation is 4. The summed E-state index contributed by atoms with van der Waals surface area (Å²) in [6.45, 7) is 14.9. The van der Waals surface area contributed by atoms with E-state index in [9.17, 15) is 4.79 Å². The SMILES string of the molecule is Cc1cccc(C)c1PC(=O)c1c(C)cc(C(C)(C)C)cc1C. The third kappa shape index (κ3) is 3.90. The molecule has 0 aromatic heterocycles. The predicted molar refractivity (Wildman–Crippen MR) is 103 cm³/mol. The largest absolute Gasteiger partial charge is 0.289 e. The van der Waals surface area contributed by atoms with Crippen molar-refractivity contribution >= 4 is 19.4 Å². The Hall–Kier alpha value is -1.46. The van der Waals surface area contributed by atoms with Crippen molar-refractivity contribution < 1.29 is 4.79 Å². The van der Waals surface area contributed by atoms with E-state index in [0.717, 1.165) is 16.7 Å². The highest BCUT2D eigenvalue weighted by Crippen LogP contribution is 2.31. The van der Waals surface area contributed by atoms with Crippen molar-refractivity contribution in [3.63, 3.8) is 0 Å². The van der Waals surface area contributed by atoms with Crippen molar-refractivity contribution in [2.75, 3.05) is 0 Å². The van der Waals surface area contributed by atoms with Crippen molar-refractivity contribution in [2.24, 2.45) is 0 Å². The Labute approximate surface area is 142 Å². The van der Waals surface area contributed by atoms with E-state index in [0.29, 0.717) is 0 Å². The van der Waals surface area contributed by atoms with E-state index < -0.39 is 0 Å². The molecule has 0 amide bonds. The van der Waals surface area contributed by atoms with Crippen LogP contribution in [0.5, 0.6) is 0 Å². The monoisotopic (exact) mass is 326 g/mol. The first-order chi connectivity index (χ1) is 10.6. The van der Waals surface area contributed by atoms with Gasteiger partial charge in [-0.05, 0) is 74.8 Å². The molecule has 0 aliphatic carbocycles. The lowest BCUT2D eigenvalue weighted by Crippen LogP contribution is -2.14. The lowest BCUT2D eigenvalue weighted by molar-refractivity contribution is 0.108. The van der Waals surface area contributed by atoms with Crippen LogP contribution in [0.3, 0.4) is 0 Å². The maximum atomic E-state index is 12.9. The molecule has 1 atom stereocenters. The molecular weight excluding hydrogens is 299 g/mol. The normalized spacial score (nSPS) is 12.1. The first-order valence-electron chi connectivity index (χ1n) is 8.10. The molecule has 122 valence electrons. The van der Waals surface area contributed by atoms with E-state index in [4.69, 9.17) is 0 Å². The Kier molecular flexibility index (Phi) is 5.11. The van der Waals surface area contributed by atoms with Crippen LogP contribution in [0.25, 0.3) is 0 Å². The summed E-state index contributed by atoms with van der Waals surface area (Å²) in [5.74, 6) is 0. The molecule has 2 aromatic carbocycles. The molecule has 0 fully saturated rings. The number of hydrogen-bond donors (Lipinski definition) is 0. The van der Waals surface area contributed by atoms with E-state index in [1.54, 1.807) is 0 Å². The molecular formula is C21H27OP. The fourth-order valence-electron chi connectivity index (χ4n) is 2.94. The van der Waals surface area contributed by atoms with E-state index in [-0.39, 0.29) is 19.5 Å². The fourth-order valence-corrected chi connectivity index (χ4v) is 4.25. The first-order valence-corrected chi connectivity index (χ1v) is 9.10. The van der Waals surface area contributed by atoms with Gasteiger partial charge in [-0.2, -0.15) is 0 Å². The highest BCUT2D eigenvalue weighted by atomic mass is 31.1. The molecule has 2 rings (SSSR count). The first kappa shape index (κ1) is 17.9. The average molecular weight is 326 g/mol. The summed E-state index contributed by atoms with van der Waals surface area (Å²) in [6, 6.07) is 10.6. The summed E-state index contributed by atoms with van der Waals surface area (Å²) < 4.78 is 0. The van der Waals surface area contributed by atoms with Gasteiger partial charge in [0.05, 0.1) is 0 Å². The summed E-state index contributed by atoms with van der Waals surface area (Å²) >= 11 is 0. The molecule has 0 radical (unpaired) electrons. The van der Waals surface area contributed by atoms with Gasteiger partial charge in [-0.3, -0.25) is 4.79 Å². The quantitative estimate of drug-likeness (QED) is 0.694. The van der Waals surface area contributed by atoms with Crippen LogP contribution in [0, 0.1) is 27.7 Å². The Morgan fingerprint density at radius 2 is 1.35 bits per heavy atom. The van der Waals surface area contributed by atoms with Gasteiger partial charge in [0.25, 0.3) is 0 Å². The van der Waals surface area contributed by atoms with Crippen LogP contribution in [-0.4, -0.2) is 5.52 Å². The highest BCUT2D eigenvalue weighted by molar-refractivity contribution is 7.66. The van der Waals surface area contributed by atoms with Gasteiger partial charge in [-0.1, -0.05) is 51.1 Å². The molecule has 0 N–H and O–H groups in total. The molecule has 2 aromatic rings. The predicted octanol–water partition coefficient (Wildman–Crippen LogP) is 5.36. The van der Waals surface area contributed by atoms with Crippen LogP contribution in [-0.2, 0) is 5.41 Å². The van der Waals surface area contributed by atoms with Crippen molar-refractivity contribution in [2.45, 2.75) is 53.9 Å². The van der Waals surface area contributed by atoms with Crippen LogP contribution in [0.15, 0.2) is 30.3 Å². The Morgan fingerprint density at radius 1 is 0.870 bits per heavy atom. The lowest BCUT2D eigenvalue weighted by atomic mass is 9.84. The van der Waals surface area contributed by atoms with Crippen LogP contribution in [0.2, 0.25) is 0 Å². The summed E-state index contributed by atoms with van der Waals surface area (Å²) in [7, 11) is 0.191. The second kappa shape index (κ2) is 6.57. The molecule has 0 saturated carbocycles. The van der Waals surface area contributed by atoms with Gasteiger partial charge in [-0.15, -0.1) is 0 Å². The molecule has 0 aliphatic rings. The lowest BCUT2D eigenvalue weighted by Gasteiger charge is -2.22. The van der Waals surface area contributed by atoms with Gasteiger partial charge >= 0.3 is 0 Å². The minimum absolute atomic E-state index is 0.103. The van der Waals surface area contributed by atoms with E-state index in [1.807, 2.05) is 0 Å². The van der Waals surface area contributed by atoms with Gasteiger partial charge < -0.3 is 0 Å². The molecule has 1 unspecified atom stereocenters. The minimum Gasteiger partial charge on any atom is -0.289 e. The van der Waals surface area contributed by atoms with E-state index in [2.05, 4.69) is 78.8 Å². The number of carbonyl (C=O) groups excluding carboxylic acids is 1. The molecule has 1 nitrogen and oxygen atoms in total. The maximum absolute atomic E-state index is 12.9. The van der Waals surface area contributed by atoms with Gasteiger partial charge in [0.15, 0.2) is 5.52 Å². The van der Waals surface area contributed by atoms with E-state index >= 15 is 0 Å². The second-order valence-corrected chi connectivity index (χ2v) is 8.66. The zero-order valence-corrected chi connectivity index (χ0v) is 16.3. The Bertz CT molecular complexity index is 708. The van der Waals surface area contributed by atoms with Crippen LogP contribution < -0.4 is 5.30 Å². The van der Waals surface area contributed by atoms with E-state index in [1.165, 1.54) is 22.0 Å². The third-order valence-electron chi connectivity index (χ3n) is 4.35. The molecule has 0 aliphatic heterocycles. The number of benzene rings is 2. The Balaban J connectivity index is 2.41. The standard InChI is InChI=1S/C21H27OP/c1-13-9-8-10-14(2)19(13)23-20(22)18-15(3)11-17(12-16(18)4)21(5,6)7/h8-12,23H,1-7H3. The van der Waals surface area contributed by atoms with Gasteiger partial charge in [-0.25, -0.2) is 0 Å². The molecule has 0 saturated heterocycles. The molecule has 23 heavy (non-hydrogen) atoms. The Morgan fingerprint density at radius 3 is 1.78 bits per heavy atom. The van der Waals surface area contributed by atoms with Gasteiger partial charge in [0.1, 0.15) is 0 Å². The minimum atomic E-state index is 0.103. The summed E-state index contributed by atoms with van der Waals surface area (Å²) in [5.41, 5.74) is 7.15. The maximum Gasteiger partial charge on any atom is 0.186 e. The topological polar surface area (TPSA) is 17.1 Å². The number of hydrogen-bond acceptors (Lipinski definition) is 1. The third-order valence-corrected chi connectivity index (χ3v) is 5.86. The van der Waals surface area contributed by atoms with Crippen LogP contribution in [0.1, 0.15) is 58.9 Å². The average Bonchev–Trinajstić information content (AvgIpc) is 2.41. The second-order valence-electron chi connectivity index (χ2n) is 7.46. The van der Waals surface area contributed by atoms with Crippen molar-refractivity contribution in [3.05, 3.63) is 63.7 Å². The number of carbonyl (C=O) groups is 1. The summed E-state index contributed by atoms with van der Waals surface area (Å²) in [4.78, 5) is 12.9. The zero-order chi connectivity index (χ0) is 17.4. The molecule has 0 spiro atoms. The highest BCUT2D eigenvalue weighted by Gasteiger charge is 2.20. The summed E-state index contributed by atoms with van der Waals surface area (Å²) in [5, 5.41) is 1.19. The van der Waals surface area contributed by atoms with Gasteiger partial charge in [0, 0.05) is 5.56 Å². The molecule has 0 bridgehead atoms. The number of rotatable bonds is 3. The summed E-state index contributed by atoms with van der Waals surface area (Å²) in [6.07, 6.45) is 0. The smallest absolute Gasteiger partial charge is 0.186 e. The van der Waals surface area contributed by atoms with Gasteiger partial charge in [0.2, 0.25) is 0 Å². The molecule has 0 heterocycles. The van der Waals surface area contributed by atoms with Crippen molar-refractivity contribution in [1.29, 1.82) is 0 Å². The van der Waals surface area contributed by atoms with Crippen LogP contribution >= 0.6 is 8.58 Å². The molecule has 2 heteroatoms. The zero-order valence-electron chi connectivity index (χ0n) is 15.3.